The van der Waals surface area contributed by atoms with Gasteiger partial charge in [-0.2, -0.15) is 5.10 Å². The summed E-state index contributed by atoms with van der Waals surface area (Å²) in [6.45, 7) is 0. The predicted molar refractivity (Wildman–Crippen MR) is 71.1 cm³/mol. The van der Waals surface area contributed by atoms with Gasteiger partial charge in [-0.15, -0.1) is 0 Å². The first-order valence-electron chi connectivity index (χ1n) is 5.37. The van der Waals surface area contributed by atoms with E-state index in [1.807, 2.05) is 0 Å². The fourth-order valence-corrected chi connectivity index (χ4v) is 1.76. The molecule has 6 nitrogen and oxygen atoms in total. The van der Waals surface area contributed by atoms with Crippen molar-refractivity contribution in [3.8, 4) is 11.5 Å². The van der Waals surface area contributed by atoms with E-state index in [4.69, 9.17) is 21.1 Å². The molecule has 2 aromatic rings. The Morgan fingerprint density at radius 3 is 2.63 bits per heavy atom. The van der Waals surface area contributed by atoms with Gasteiger partial charge in [-0.25, -0.2) is 0 Å². The van der Waals surface area contributed by atoms with Gasteiger partial charge in [-0.1, -0.05) is 11.6 Å². The predicted octanol–water partition coefficient (Wildman–Crippen LogP) is 2.33. The van der Waals surface area contributed by atoms with Gasteiger partial charge in [-0.3, -0.25) is 9.89 Å². The first-order valence-corrected chi connectivity index (χ1v) is 5.75. The molecule has 0 spiro atoms. The Morgan fingerprint density at radius 1 is 1.32 bits per heavy atom. The normalized spacial score (nSPS) is 10.1. The number of hydrogen-bond donors (Lipinski definition) is 2. The topological polar surface area (TPSA) is 76.2 Å². The lowest BCUT2D eigenvalue weighted by Crippen LogP contribution is -2.12. The molecule has 0 aliphatic rings. The largest absolute Gasteiger partial charge is 0.495 e. The monoisotopic (exact) mass is 281 g/mol. The van der Waals surface area contributed by atoms with Gasteiger partial charge in [0.2, 0.25) is 0 Å². The summed E-state index contributed by atoms with van der Waals surface area (Å²) >= 11 is 5.98. The molecule has 2 N–H and O–H groups in total. The number of methoxy groups -OCH3 is 2. The molecule has 0 aliphatic heterocycles. The molecule has 0 aliphatic carbocycles. The van der Waals surface area contributed by atoms with Crippen LogP contribution in [-0.4, -0.2) is 30.3 Å². The standard InChI is InChI=1S/C12H12ClN3O3/c1-18-10-4-9(11(19-2)3-8(10)13)16-12(17)7-5-14-15-6-7/h3-6H,1-2H3,(H,14,15)(H,16,17). The Morgan fingerprint density at radius 2 is 2.05 bits per heavy atom. The summed E-state index contributed by atoms with van der Waals surface area (Å²) in [7, 11) is 2.99. The van der Waals surface area contributed by atoms with Gasteiger partial charge >= 0.3 is 0 Å². The second-order valence-corrected chi connectivity index (χ2v) is 4.04. The quantitative estimate of drug-likeness (QED) is 0.902. The average Bonchev–Trinajstić information content (AvgIpc) is 2.94. The summed E-state index contributed by atoms with van der Waals surface area (Å²) in [6, 6.07) is 3.17. The number of carbonyl (C=O) groups is 1. The van der Waals surface area contributed by atoms with E-state index in [9.17, 15) is 4.79 Å². The molecule has 1 amide bonds. The van der Waals surface area contributed by atoms with Crippen molar-refractivity contribution in [1.29, 1.82) is 0 Å². The molecule has 2 rings (SSSR count). The maximum Gasteiger partial charge on any atom is 0.258 e. The minimum Gasteiger partial charge on any atom is -0.495 e. The van der Waals surface area contributed by atoms with Crippen molar-refractivity contribution in [3.63, 3.8) is 0 Å². The van der Waals surface area contributed by atoms with Gasteiger partial charge in [0.1, 0.15) is 11.5 Å². The molecular formula is C12H12ClN3O3. The summed E-state index contributed by atoms with van der Waals surface area (Å²) in [6.07, 6.45) is 2.92. The van der Waals surface area contributed by atoms with Crippen LogP contribution in [0.1, 0.15) is 10.4 Å². The first-order chi connectivity index (χ1) is 9.15. The Balaban J connectivity index is 2.31. The third-order valence-corrected chi connectivity index (χ3v) is 2.78. The van der Waals surface area contributed by atoms with Crippen LogP contribution < -0.4 is 14.8 Å². The SMILES string of the molecule is COc1cc(NC(=O)c2cn[nH]c2)c(OC)cc1Cl. The second-order valence-electron chi connectivity index (χ2n) is 3.63. The van der Waals surface area contributed by atoms with Crippen molar-refractivity contribution in [1.82, 2.24) is 10.2 Å². The van der Waals surface area contributed by atoms with E-state index in [0.29, 0.717) is 27.8 Å². The molecular weight excluding hydrogens is 270 g/mol. The second kappa shape index (κ2) is 5.62. The maximum atomic E-state index is 11.9. The number of halogens is 1. The number of aromatic amines is 1. The van der Waals surface area contributed by atoms with Crippen molar-refractivity contribution in [2.45, 2.75) is 0 Å². The van der Waals surface area contributed by atoms with Crippen molar-refractivity contribution in [2.24, 2.45) is 0 Å². The summed E-state index contributed by atoms with van der Waals surface area (Å²) in [5.74, 6) is 0.587. The van der Waals surface area contributed by atoms with Gasteiger partial charge in [-0.05, 0) is 0 Å². The summed E-state index contributed by atoms with van der Waals surface area (Å²) in [5, 5.41) is 9.39. The smallest absolute Gasteiger partial charge is 0.258 e. The zero-order chi connectivity index (χ0) is 13.8. The molecule has 0 saturated carbocycles. The van der Waals surface area contributed by atoms with Gasteiger partial charge in [0.05, 0.1) is 36.7 Å². The van der Waals surface area contributed by atoms with Crippen LogP contribution in [-0.2, 0) is 0 Å². The summed E-state index contributed by atoms with van der Waals surface area (Å²) < 4.78 is 10.3. The van der Waals surface area contributed by atoms with E-state index < -0.39 is 0 Å². The van der Waals surface area contributed by atoms with Crippen LogP contribution in [0, 0.1) is 0 Å². The third kappa shape index (κ3) is 2.79. The molecule has 0 fully saturated rings. The Bertz CT molecular complexity index is 584. The molecule has 1 aromatic heterocycles. The zero-order valence-corrected chi connectivity index (χ0v) is 11.1. The van der Waals surface area contributed by atoms with Crippen LogP contribution in [0.3, 0.4) is 0 Å². The fourth-order valence-electron chi connectivity index (χ4n) is 1.53. The molecule has 0 saturated heterocycles. The molecule has 0 atom stereocenters. The molecule has 0 radical (unpaired) electrons. The van der Waals surface area contributed by atoms with Crippen LogP contribution >= 0.6 is 11.6 Å². The molecule has 0 bridgehead atoms. The lowest BCUT2D eigenvalue weighted by atomic mass is 10.2. The van der Waals surface area contributed by atoms with E-state index in [-0.39, 0.29) is 5.91 Å². The van der Waals surface area contributed by atoms with Gasteiger partial charge < -0.3 is 14.8 Å². The average molecular weight is 282 g/mol. The fraction of sp³-hybridized carbons (Fsp3) is 0.167. The number of amides is 1. The van der Waals surface area contributed by atoms with Gasteiger partial charge in [0, 0.05) is 18.3 Å². The molecule has 1 heterocycles. The summed E-state index contributed by atoms with van der Waals surface area (Å²) in [4.78, 5) is 11.9. The number of rotatable bonds is 4. The minimum absolute atomic E-state index is 0.309. The molecule has 1 aromatic carbocycles. The van der Waals surface area contributed by atoms with E-state index in [0.717, 1.165) is 0 Å². The van der Waals surface area contributed by atoms with Crippen LogP contribution in [0.15, 0.2) is 24.5 Å². The number of benzene rings is 1. The maximum absolute atomic E-state index is 11.9. The number of nitrogens with one attached hydrogen (secondary N) is 2. The highest BCUT2D eigenvalue weighted by atomic mass is 35.5. The van der Waals surface area contributed by atoms with E-state index in [2.05, 4.69) is 15.5 Å². The third-order valence-electron chi connectivity index (χ3n) is 2.48. The Hall–Kier alpha value is -2.21. The molecule has 0 unspecified atom stereocenters. The van der Waals surface area contributed by atoms with Crippen LogP contribution in [0.25, 0.3) is 0 Å². The van der Waals surface area contributed by atoms with Crippen molar-refractivity contribution in [2.75, 3.05) is 19.5 Å². The van der Waals surface area contributed by atoms with Gasteiger partial charge in [0.15, 0.2) is 0 Å². The van der Waals surface area contributed by atoms with Crippen molar-refractivity contribution in [3.05, 3.63) is 35.1 Å². The van der Waals surface area contributed by atoms with E-state index in [1.54, 1.807) is 12.1 Å². The molecule has 100 valence electrons. The highest BCUT2D eigenvalue weighted by Gasteiger charge is 2.14. The number of aromatic nitrogens is 2. The number of H-pyrrole nitrogens is 1. The van der Waals surface area contributed by atoms with Crippen molar-refractivity contribution < 1.29 is 14.3 Å². The Kier molecular flexibility index (Phi) is 3.91. The number of ether oxygens (including phenoxy) is 2. The van der Waals surface area contributed by atoms with E-state index in [1.165, 1.54) is 26.6 Å². The lowest BCUT2D eigenvalue weighted by Gasteiger charge is -2.12. The van der Waals surface area contributed by atoms with Crippen molar-refractivity contribution >= 4 is 23.2 Å². The number of anilines is 1. The van der Waals surface area contributed by atoms with Crippen LogP contribution in [0.5, 0.6) is 11.5 Å². The summed E-state index contributed by atoms with van der Waals surface area (Å²) in [5.41, 5.74) is 0.880. The van der Waals surface area contributed by atoms with Gasteiger partial charge in [0.25, 0.3) is 5.91 Å². The lowest BCUT2D eigenvalue weighted by molar-refractivity contribution is 0.102. The molecule has 7 heteroatoms. The zero-order valence-electron chi connectivity index (χ0n) is 10.4. The number of hydrogen-bond acceptors (Lipinski definition) is 4. The Labute approximate surface area is 114 Å². The number of carbonyl (C=O) groups excluding carboxylic acids is 1. The van der Waals surface area contributed by atoms with Crippen LogP contribution in [0.2, 0.25) is 5.02 Å². The molecule has 19 heavy (non-hydrogen) atoms. The number of nitrogens with zero attached hydrogens (tertiary/aromatic N) is 1. The minimum atomic E-state index is -0.309. The highest BCUT2D eigenvalue weighted by Crippen LogP contribution is 2.35. The highest BCUT2D eigenvalue weighted by molar-refractivity contribution is 6.32. The first kappa shape index (κ1) is 13.2. The van der Waals surface area contributed by atoms with E-state index >= 15 is 0 Å². The van der Waals surface area contributed by atoms with Crippen LogP contribution in [0.4, 0.5) is 5.69 Å².